The van der Waals surface area contributed by atoms with Crippen LogP contribution in [0.25, 0.3) is 0 Å². The number of nitrogen functional groups attached to an aromatic ring is 1. The minimum absolute atomic E-state index is 0.0920. The van der Waals surface area contributed by atoms with Gasteiger partial charge >= 0.3 is 0 Å². The van der Waals surface area contributed by atoms with Gasteiger partial charge in [0.2, 0.25) is 0 Å². The van der Waals surface area contributed by atoms with Crippen molar-refractivity contribution in [2.24, 2.45) is 0 Å². The molecule has 1 aliphatic rings. The van der Waals surface area contributed by atoms with Crippen molar-refractivity contribution in [1.82, 2.24) is 0 Å². The summed E-state index contributed by atoms with van der Waals surface area (Å²) in [6.45, 7) is 1.07. The van der Waals surface area contributed by atoms with Crippen molar-refractivity contribution in [2.75, 3.05) is 18.9 Å². The molecule has 1 aliphatic heterocycles. The van der Waals surface area contributed by atoms with Gasteiger partial charge in [0.1, 0.15) is 13.2 Å². The molecule has 0 bridgehead atoms. The average Bonchev–Trinajstić information content (AvgIpc) is 2.52. The molecule has 0 aliphatic carbocycles. The monoisotopic (exact) mass is 283 g/mol. The van der Waals surface area contributed by atoms with Crippen LogP contribution in [0.3, 0.4) is 0 Å². The fourth-order valence-corrected chi connectivity index (χ4v) is 2.37. The van der Waals surface area contributed by atoms with E-state index >= 15 is 0 Å². The third-order valence-corrected chi connectivity index (χ3v) is 3.46. The summed E-state index contributed by atoms with van der Waals surface area (Å²) in [5.74, 6) is 1.44. The molecule has 108 valence electrons. The van der Waals surface area contributed by atoms with Crippen molar-refractivity contribution in [1.29, 1.82) is 0 Å². The number of nitrogens with two attached hydrogens (primary N) is 1. The summed E-state index contributed by atoms with van der Waals surface area (Å²) in [5, 5.41) is 0. The maximum atomic E-state index is 12.3. The fraction of sp³-hybridized carbons (Fsp3) is 0.235. The lowest BCUT2D eigenvalue weighted by molar-refractivity contribution is 0.0981. The Balaban J connectivity index is 1.68. The zero-order valence-electron chi connectivity index (χ0n) is 11.7. The third kappa shape index (κ3) is 3.16. The van der Waals surface area contributed by atoms with Crippen LogP contribution < -0.4 is 15.2 Å². The maximum absolute atomic E-state index is 12.3. The zero-order chi connectivity index (χ0) is 14.7. The van der Waals surface area contributed by atoms with Crippen LogP contribution in [0, 0.1) is 0 Å². The second-order valence-corrected chi connectivity index (χ2v) is 5.03. The van der Waals surface area contributed by atoms with Crippen molar-refractivity contribution >= 4 is 11.5 Å². The van der Waals surface area contributed by atoms with Gasteiger partial charge in [-0.2, -0.15) is 0 Å². The molecule has 3 rings (SSSR count). The topological polar surface area (TPSA) is 61.6 Å². The smallest absolute Gasteiger partial charge is 0.163 e. The van der Waals surface area contributed by atoms with Crippen molar-refractivity contribution in [3.63, 3.8) is 0 Å². The first-order chi connectivity index (χ1) is 10.2. The van der Waals surface area contributed by atoms with E-state index in [1.165, 1.54) is 0 Å². The largest absolute Gasteiger partial charge is 0.486 e. The number of benzene rings is 2. The summed E-state index contributed by atoms with van der Waals surface area (Å²) in [4.78, 5) is 12.3. The summed E-state index contributed by atoms with van der Waals surface area (Å²) in [5.41, 5.74) is 8.18. The number of hydrogen-bond acceptors (Lipinski definition) is 4. The summed E-state index contributed by atoms with van der Waals surface area (Å²) in [6, 6.07) is 13.0. The van der Waals surface area contributed by atoms with Crippen LogP contribution in [-0.2, 0) is 6.42 Å². The van der Waals surface area contributed by atoms with E-state index in [1.54, 1.807) is 18.2 Å². The van der Waals surface area contributed by atoms with Crippen LogP contribution in [0.15, 0.2) is 42.5 Å². The van der Waals surface area contributed by atoms with Gasteiger partial charge in [0, 0.05) is 17.7 Å². The Bertz CT molecular complexity index is 667. The van der Waals surface area contributed by atoms with E-state index in [1.807, 2.05) is 24.3 Å². The SMILES string of the molecule is Nc1cccc(CCC(=O)c2ccc3c(c2)OCCO3)c1. The molecule has 0 spiro atoms. The number of rotatable bonds is 4. The van der Waals surface area contributed by atoms with Crippen LogP contribution >= 0.6 is 0 Å². The van der Waals surface area contributed by atoms with Gasteiger partial charge in [0.05, 0.1) is 0 Å². The number of ether oxygens (including phenoxy) is 2. The molecule has 0 atom stereocenters. The summed E-state index contributed by atoms with van der Waals surface area (Å²) in [6.07, 6.45) is 1.13. The van der Waals surface area contributed by atoms with E-state index < -0.39 is 0 Å². The van der Waals surface area contributed by atoms with Gasteiger partial charge in [-0.1, -0.05) is 12.1 Å². The molecular weight excluding hydrogens is 266 g/mol. The summed E-state index contributed by atoms with van der Waals surface area (Å²) >= 11 is 0. The number of carbonyl (C=O) groups excluding carboxylic acids is 1. The Kier molecular flexibility index (Phi) is 3.77. The highest BCUT2D eigenvalue weighted by Gasteiger charge is 2.14. The van der Waals surface area contributed by atoms with Gasteiger partial charge in [0.25, 0.3) is 0 Å². The van der Waals surface area contributed by atoms with Gasteiger partial charge in [-0.3, -0.25) is 4.79 Å². The molecule has 0 saturated heterocycles. The standard InChI is InChI=1S/C17H17NO3/c18-14-3-1-2-12(10-14)4-6-15(19)13-5-7-16-17(11-13)21-9-8-20-16/h1-3,5,7,10-11H,4,6,8-9,18H2. The molecule has 0 unspecified atom stereocenters. The molecule has 0 amide bonds. The van der Waals surface area contributed by atoms with Gasteiger partial charge in [0.15, 0.2) is 17.3 Å². The van der Waals surface area contributed by atoms with Crippen molar-refractivity contribution in [3.8, 4) is 11.5 Å². The third-order valence-electron chi connectivity index (χ3n) is 3.46. The van der Waals surface area contributed by atoms with E-state index in [0.29, 0.717) is 43.1 Å². The number of Topliss-reactive ketones (excluding diaryl/α,β-unsaturated/α-hetero) is 1. The van der Waals surface area contributed by atoms with Crippen LogP contribution in [-0.4, -0.2) is 19.0 Å². The Morgan fingerprint density at radius 1 is 1.05 bits per heavy atom. The highest BCUT2D eigenvalue weighted by atomic mass is 16.6. The van der Waals surface area contributed by atoms with E-state index in [-0.39, 0.29) is 5.78 Å². The Morgan fingerprint density at radius 2 is 1.86 bits per heavy atom. The minimum atomic E-state index is 0.0920. The molecule has 0 radical (unpaired) electrons. The Morgan fingerprint density at radius 3 is 2.67 bits per heavy atom. The second-order valence-electron chi connectivity index (χ2n) is 5.03. The van der Waals surface area contributed by atoms with Crippen LogP contribution in [0.4, 0.5) is 5.69 Å². The van der Waals surface area contributed by atoms with Gasteiger partial charge in [-0.15, -0.1) is 0 Å². The lowest BCUT2D eigenvalue weighted by Gasteiger charge is -2.18. The quantitative estimate of drug-likeness (QED) is 0.692. The molecular formula is C17H17NO3. The lowest BCUT2D eigenvalue weighted by atomic mass is 10.0. The molecule has 0 aromatic heterocycles. The molecule has 0 fully saturated rings. The van der Waals surface area contributed by atoms with E-state index in [4.69, 9.17) is 15.2 Å². The van der Waals surface area contributed by atoms with E-state index in [0.717, 1.165) is 11.3 Å². The second kappa shape index (κ2) is 5.87. The van der Waals surface area contributed by atoms with Crippen LogP contribution in [0.5, 0.6) is 11.5 Å². The Labute approximate surface area is 123 Å². The highest BCUT2D eigenvalue weighted by molar-refractivity contribution is 5.96. The predicted octanol–water partition coefficient (Wildman–Crippen LogP) is 2.86. The number of aryl methyl sites for hydroxylation is 1. The van der Waals surface area contributed by atoms with Gasteiger partial charge in [-0.25, -0.2) is 0 Å². The molecule has 2 N–H and O–H groups in total. The molecule has 4 nitrogen and oxygen atoms in total. The van der Waals surface area contributed by atoms with E-state index in [9.17, 15) is 4.79 Å². The predicted molar refractivity (Wildman–Crippen MR) is 80.9 cm³/mol. The van der Waals surface area contributed by atoms with Crippen LogP contribution in [0.1, 0.15) is 22.3 Å². The van der Waals surface area contributed by atoms with Crippen molar-refractivity contribution in [3.05, 3.63) is 53.6 Å². The molecule has 2 aromatic carbocycles. The Hall–Kier alpha value is -2.49. The number of hydrogen-bond donors (Lipinski definition) is 1. The molecule has 1 heterocycles. The minimum Gasteiger partial charge on any atom is -0.486 e. The number of anilines is 1. The molecule has 4 heteroatoms. The number of ketones is 1. The van der Waals surface area contributed by atoms with Gasteiger partial charge < -0.3 is 15.2 Å². The first-order valence-electron chi connectivity index (χ1n) is 6.99. The van der Waals surface area contributed by atoms with Gasteiger partial charge in [-0.05, 0) is 42.3 Å². The fourth-order valence-electron chi connectivity index (χ4n) is 2.37. The summed E-state index contributed by atoms with van der Waals surface area (Å²) in [7, 11) is 0. The average molecular weight is 283 g/mol. The highest BCUT2D eigenvalue weighted by Crippen LogP contribution is 2.31. The zero-order valence-corrected chi connectivity index (χ0v) is 11.7. The van der Waals surface area contributed by atoms with Crippen LogP contribution in [0.2, 0.25) is 0 Å². The first-order valence-corrected chi connectivity index (χ1v) is 6.99. The molecule has 21 heavy (non-hydrogen) atoms. The normalized spacial score (nSPS) is 13.0. The maximum Gasteiger partial charge on any atom is 0.163 e. The molecule has 2 aromatic rings. The van der Waals surface area contributed by atoms with E-state index in [2.05, 4.69) is 0 Å². The van der Waals surface area contributed by atoms with Crippen molar-refractivity contribution in [2.45, 2.75) is 12.8 Å². The number of carbonyl (C=O) groups is 1. The molecule has 0 saturated carbocycles. The number of fused-ring (bicyclic) bond motifs is 1. The summed E-state index contributed by atoms with van der Waals surface area (Å²) < 4.78 is 10.9. The first kappa shape index (κ1) is 13.5. The van der Waals surface area contributed by atoms with Crippen molar-refractivity contribution < 1.29 is 14.3 Å². The lowest BCUT2D eigenvalue weighted by Crippen LogP contribution is -2.15.